The third kappa shape index (κ3) is 6.89. The van der Waals surface area contributed by atoms with E-state index in [1.54, 1.807) is 30.3 Å². The molecule has 0 saturated carbocycles. The molecule has 0 bridgehead atoms. The first-order valence-corrected chi connectivity index (χ1v) is 16.5. The van der Waals surface area contributed by atoms with E-state index in [1.165, 1.54) is 12.1 Å². The molecule has 6 rings (SSSR count). The quantitative estimate of drug-likeness (QED) is 0.0287. The van der Waals surface area contributed by atoms with Gasteiger partial charge in [0.25, 0.3) is 10.1 Å². The van der Waals surface area contributed by atoms with Crippen LogP contribution in [0.25, 0.3) is 32.7 Å². The molecule has 0 aliphatic carbocycles. The Kier molecular flexibility index (Phi) is 9.19. The number of anilines is 2. The molecular formula is C34H28N6O6S2. The highest BCUT2D eigenvalue weighted by atomic mass is 32.2. The summed E-state index contributed by atoms with van der Waals surface area (Å²) in [4.78, 5) is 0.502. The number of rotatable bonds is 9. The monoisotopic (exact) mass is 680 g/mol. The molecular weight excluding hydrogens is 653 g/mol. The molecule has 12 nitrogen and oxygen atoms in total. The van der Waals surface area contributed by atoms with Gasteiger partial charge in [0, 0.05) is 15.7 Å². The first-order chi connectivity index (χ1) is 23.0. The first kappa shape index (κ1) is 32.7. The second-order valence-electron chi connectivity index (χ2n) is 10.9. The summed E-state index contributed by atoms with van der Waals surface area (Å²) in [5.74, 6) is 0. The van der Waals surface area contributed by atoms with Crippen molar-refractivity contribution in [3.63, 3.8) is 0 Å². The van der Waals surface area contributed by atoms with Crippen LogP contribution in [0.2, 0.25) is 0 Å². The maximum Gasteiger partial charge on any atom is 0.294 e. The van der Waals surface area contributed by atoms with Crippen LogP contribution >= 0.6 is 12.0 Å². The van der Waals surface area contributed by atoms with Crippen molar-refractivity contribution < 1.29 is 27.6 Å². The van der Waals surface area contributed by atoms with Crippen molar-refractivity contribution >= 4 is 77.8 Å². The number of azo groups is 2. The van der Waals surface area contributed by atoms with Gasteiger partial charge in [0.05, 0.1) is 39.7 Å². The van der Waals surface area contributed by atoms with Crippen LogP contribution in [0.1, 0.15) is 11.1 Å². The molecule has 14 heteroatoms. The van der Waals surface area contributed by atoms with Crippen molar-refractivity contribution in [2.75, 3.05) is 11.5 Å². The number of nitrogen functional groups attached to an aromatic ring is 2. The smallest absolute Gasteiger partial charge is 0.294 e. The van der Waals surface area contributed by atoms with Crippen molar-refractivity contribution in [1.82, 2.24) is 0 Å². The second kappa shape index (κ2) is 13.5. The van der Waals surface area contributed by atoms with Gasteiger partial charge in [-0.25, -0.2) is 5.26 Å². The minimum Gasteiger partial charge on any atom is -0.397 e. The highest BCUT2D eigenvalue weighted by Gasteiger charge is 2.13. The van der Waals surface area contributed by atoms with Gasteiger partial charge in [-0.1, -0.05) is 41.4 Å². The maximum absolute atomic E-state index is 11.6. The molecule has 0 aliphatic rings. The fraction of sp³-hybridized carbons (Fsp3) is 0.0588. The number of benzene rings is 6. The number of fused-ring (bicyclic) bond motifs is 2. The second-order valence-corrected chi connectivity index (χ2v) is 13.1. The van der Waals surface area contributed by atoms with E-state index in [9.17, 15) is 13.0 Å². The van der Waals surface area contributed by atoms with Gasteiger partial charge in [-0.15, -0.1) is 14.6 Å². The molecule has 0 saturated heterocycles. The molecule has 0 fully saturated rings. The molecule has 242 valence electrons. The molecule has 0 atom stereocenters. The Hall–Kier alpha value is -5.22. The largest absolute Gasteiger partial charge is 0.397 e. The Bertz CT molecular complexity index is 2380. The molecule has 0 aliphatic heterocycles. The van der Waals surface area contributed by atoms with Crippen LogP contribution in [0.3, 0.4) is 0 Å². The standard InChI is InChI=1S/C34H28N6O6S2/c1-19-15-21(5-13-31(19)37-39-33-27-9-7-25(47-46-45-41)17-23(27)3-11-29(33)35)22-6-14-32(20(2)16-22)38-40-34-28-10-8-26(48(42,43)44)18-24(28)4-12-30(34)36/h3-18,41H,35-36H2,1-2H3,(H,42,43,44). The number of aryl methyl sites for hydroxylation is 2. The Morgan fingerprint density at radius 2 is 1.17 bits per heavy atom. The summed E-state index contributed by atoms with van der Waals surface area (Å²) in [5, 5.41) is 32.8. The Balaban J connectivity index is 1.23. The summed E-state index contributed by atoms with van der Waals surface area (Å²) in [6, 6.07) is 28.3. The highest BCUT2D eigenvalue weighted by Crippen LogP contribution is 2.38. The Morgan fingerprint density at radius 3 is 1.67 bits per heavy atom. The van der Waals surface area contributed by atoms with Crippen molar-refractivity contribution in [2.24, 2.45) is 20.5 Å². The summed E-state index contributed by atoms with van der Waals surface area (Å²) in [6.07, 6.45) is 0. The average Bonchev–Trinajstić information content (AvgIpc) is 3.06. The molecule has 6 aromatic carbocycles. The van der Waals surface area contributed by atoms with E-state index in [4.69, 9.17) is 16.7 Å². The molecule has 0 amide bonds. The van der Waals surface area contributed by atoms with Gasteiger partial charge in [-0.2, -0.15) is 18.6 Å². The van der Waals surface area contributed by atoms with Gasteiger partial charge in [0.2, 0.25) is 0 Å². The van der Waals surface area contributed by atoms with E-state index in [0.717, 1.165) is 50.0 Å². The van der Waals surface area contributed by atoms with E-state index in [2.05, 4.69) is 29.8 Å². The van der Waals surface area contributed by atoms with Gasteiger partial charge in [0.15, 0.2) is 0 Å². The van der Waals surface area contributed by atoms with Crippen LogP contribution < -0.4 is 11.5 Å². The summed E-state index contributed by atoms with van der Waals surface area (Å²) in [5.41, 5.74) is 19.3. The fourth-order valence-corrected chi connectivity index (χ4v) is 6.13. The van der Waals surface area contributed by atoms with Crippen LogP contribution in [0.5, 0.6) is 0 Å². The Morgan fingerprint density at radius 1 is 0.646 bits per heavy atom. The molecule has 48 heavy (non-hydrogen) atoms. The van der Waals surface area contributed by atoms with Crippen LogP contribution in [-0.2, 0) is 19.5 Å². The molecule has 6 N–H and O–H groups in total. The highest BCUT2D eigenvalue weighted by molar-refractivity contribution is 7.94. The van der Waals surface area contributed by atoms with Crippen LogP contribution in [0.4, 0.5) is 34.1 Å². The van der Waals surface area contributed by atoms with E-state index >= 15 is 0 Å². The lowest BCUT2D eigenvalue weighted by molar-refractivity contribution is -0.432. The maximum atomic E-state index is 11.6. The zero-order valence-corrected chi connectivity index (χ0v) is 27.2. The molecule has 0 unspecified atom stereocenters. The van der Waals surface area contributed by atoms with Gasteiger partial charge >= 0.3 is 0 Å². The number of nitrogens with zero attached hydrogens (tertiary/aromatic N) is 4. The van der Waals surface area contributed by atoms with Crippen LogP contribution in [0, 0.1) is 13.8 Å². The molecule has 6 aromatic rings. The van der Waals surface area contributed by atoms with Crippen LogP contribution in [0.15, 0.2) is 127 Å². The van der Waals surface area contributed by atoms with E-state index in [1.807, 2.05) is 68.4 Å². The summed E-state index contributed by atoms with van der Waals surface area (Å²) < 4.78 is 37.1. The van der Waals surface area contributed by atoms with E-state index in [-0.39, 0.29) is 4.90 Å². The summed E-state index contributed by atoms with van der Waals surface area (Å²) in [6.45, 7) is 3.89. The normalized spacial score (nSPS) is 12.2. The molecule has 0 spiro atoms. The van der Waals surface area contributed by atoms with Gasteiger partial charge in [-0.05, 0) is 108 Å². The van der Waals surface area contributed by atoms with Crippen LogP contribution in [-0.4, -0.2) is 18.2 Å². The van der Waals surface area contributed by atoms with Crippen molar-refractivity contribution in [2.45, 2.75) is 23.6 Å². The van der Waals surface area contributed by atoms with E-state index in [0.29, 0.717) is 44.9 Å². The van der Waals surface area contributed by atoms with Gasteiger partial charge in [-0.3, -0.25) is 4.55 Å². The first-order valence-electron chi connectivity index (χ1n) is 14.3. The number of nitrogens with two attached hydrogens (primary N) is 2. The lowest BCUT2D eigenvalue weighted by atomic mass is 10.0. The predicted octanol–water partition coefficient (Wildman–Crippen LogP) is 9.95. The fourth-order valence-electron chi connectivity index (χ4n) is 5.21. The topological polar surface area (TPSA) is 195 Å². The van der Waals surface area contributed by atoms with Crippen molar-refractivity contribution in [3.05, 3.63) is 108 Å². The average molecular weight is 681 g/mol. The van der Waals surface area contributed by atoms with Crippen molar-refractivity contribution in [1.29, 1.82) is 0 Å². The van der Waals surface area contributed by atoms with E-state index < -0.39 is 10.1 Å². The number of hydrogen-bond acceptors (Lipinski definition) is 12. The minimum atomic E-state index is -4.35. The lowest BCUT2D eigenvalue weighted by Crippen LogP contribution is -1.97. The summed E-state index contributed by atoms with van der Waals surface area (Å²) >= 11 is 0.868. The zero-order valence-electron chi connectivity index (χ0n) is 25.5. The molecule has 0 aromatic heterocycles. The van der Waals surface area contributed by atoms with Crippen molar-refractivity contribution in [3.8, 4) is 11.1 Å². The Labute approximate surface area is 279 Å². The lowest BCUT2D eigenvalue weighted by Gasteiger charge is -2.09. The third-order valence-corrected chi connectivity index (χ3v) is 9.11. The predicted molar refractivity (Wildman–Crippen MR) is 187 cm³/mol. The summed E-state index contributed by atoms with van der Waals surface area (Å²) in [7, 11) is -4.35. The minimum absolute atomic E-state index is 0.216. The number of hydrogen-bond donors (Lipinski definition) is 4. The molecule has 0 heterocycles. The third-order valence-electron chi connectivity index (χ3n) is 7.69. The zero-order chi connectivity index (χ0) is 34.0. The van der Waals surface area contributed by atoms with Gasteiger partial charge in [0.1, 0.15) is 11.4 Å². The molecule has 0 radical (unpaired) electrons. The van der Waals surface area contributed by atoms with Gasteiger partial charge < -0.3 is 11.5 Å². The SMILES string of the molecule is Cc1cc(-c2ccc(N=Nc3c(N)ccc4cc(S(=O)(=O)O)ccc34)c(C)c2)ccc1N=Nc1c(N)ccc2cc(SOOO)ccc12.